The molecule has 1 aliphatic heterocycles. The van der Waals surface area contributed by atoms with Crippen molar-refractivity contribution < 1.29 is 0 Å². The third-order valence-corrected chi connectivity index (χ3v) is 1.81. The van der Waals surface area contributed by atoms with Gasteiger partial charge in [0.05, 0.1) is 13.2 Å². The first-order valence-electron chi connectivity index (χ1n) is 3.46. The van der Waals surface area contributed by atoms with Crippen LogP contribution in [0.25, 0.3) is 0 Å². The molecule has 0 radical (unpaired) electrons. The Morgan fingerprint density at radius 1 is 1.73 bits per heavy atom. The summed E-state index contributed by atoms with van der Waals surface area (Å²) in [4.78, 5) is 4.04. The largest absolute Gasteiger partial charge is 0.360 e. The Balaban J connectivity index is 2.48. The van der Waals surface area contributed by atoms with E-state index in [1.165, 1.54) is 0 Å². The van der Waals surface area contributed by atoms with E-state index in [1.807, 2.05) is 30.0 Å². The number of rotatable bonds is 1. The van der Waals surface area contributed by atoms with Crippen LogP contribution in [0.4, 0.5) is 0 Å². The zero-order valence-electron chi connectivity index (χ0n) is 6.76. The molecule has 0 spiro atoms. The highest BCUT2D eigenvalue weighted by molar-refractivity contribution is 6.29. The van der Waals surface area contributed by atoms with Crippen molar-refractivity contribution in [3.63, 3.8) is 0 Å². The van der Waals surface area contributed by atoms with Crippen molar-refractivity contribution in [2.45, 2.75) is 6.92 Å². The topological polar surface area (TPSA) is 6.48 Å². The summed E-state index contributed by atoms with van der Waals surface area (Å²) >= 11 is 5.89. The number of nitrogens with zero attached hydrogens (tertiary/aromatic N) is 2. The normalized spacial score (nSPS) is 16.1. The van der Waals surface area contributed by atoms with Gasteiger partial charge >= 0.3 is 0 Å². The minimum Gasteiger partial charge on any atom is -0.360 e. The van der Waals surface area contributed by atoms with E-state index in [9.17, 15) is 0 Å². The second kappa shape index (κ2) is 3.54. The molecule has 0 saturated carbocycles. The van der Waals surface area contributed by atoms with Crippen molar-refractivity contribution in [1.29, 1.82) is 0 Å². The molecule has 0 bridgehead atoms. The molecule has 0 atom stereocenters. The number of halogens is 1. The first-order valence-corrected chi connectivity index (χ1v) is 3.84. The smallest absolute Gasteiger partial charge is 0.123 e. The van der Waals surface area contributed by atoms with Crippen LogP contribution in [-0.4, -0.2) is 30.1 Å². The molecule has 1 rings (SSSR count). The van der Waals surface area contributed by atoms with E-state index in [4.69, 9.17) is 11.6 Å². The maximum Gasteiger partial charge on any atom is 0.123 e. The van der Waals surface area contributed by atoms with Crippen LogP contribution >= 0.6 is 11.6 Å². The SMILES string of the molecule is CC#CCN1CN(C)C=C1Cl. The summed E-state index contributed by atoms with van der Waals surface area (Å²) in [6, 6.07) is 0. The molecule has 0 aromatic heterocycles. The molecule has 1 heterocycles. The summed E-state index contributed by atoms with van der Waals surface area (Å²) < 4.78 is 0. The fraction of sp³-hybridized carbons (Fsp3) is 0.500. The molecule has 0 unspecified atom stereocenters. The predicted octanol–water partition coefficient (Wildman–Crippen LogP) is 1.25. The van der Waals surface area contributed by atoms with Crippen LogP contribution in [0.1, 0.15) is 6.92 Å². The van der Waals surface area contributed by atoms with Crippen molar-refractivity contribution in [2.75, 3.05) is 20.3 Å². The molecule has 0 saturated heterocycles. The first kappa shape index (κ1) is 8.29. The van der Waals surface area contributed by atoms with E-state index in [-0.39, 0.29) is 0 Å². The number of hydrogen-bond donors (Lipinski definition) is 0. The van der Waals surface area contributed by atoms with Gasteiger partial charge in [-0.1, -0.05) is 17.5 Å². The average Bonchev–Trinajstić information content (AvgIpc) is 2.26. The molecule has 0 aliphatic carbocycles. The Kier molecular flexibility index (Phi) is 2.67. The summed E-state index contributed by atoms with van der Waals surface area (Å²) in [5, 5.41) is 0.773. The molecular weight excluding hydrogens is 160 g/mol. The summed E-state index contributed by atoms with van der Waals surface area (Å²) in [6.45, 7) is 3.39. The quantitative estimate of drug-likeness (QED) is 0.432. The minimum absolute atomic E-state index is 0.718. The second-order valence-electron chi connectivity index (χ2n) is 2.47. The zero-order chi connectivity index (χ0) is 8.27. The van der Waals surface area contributed by atoms with Gasteiger partial charge in [0.15, 0.2) is 0 Å². The molecule has 0 aromatic carbocycles. The van der Waals surface area contributed by atoms with Crippen LogP contribution in [0.2, 0.25) is 0 Å². The van der Waals surface area contributed by atoms with E-state index in [0.29, 0.717) is 0 Å². The molecule has 11 heavy (non-hydrogen) atoms. The lowest BCUT2D eigenvalue weighted by Gasteiger charge is -2.16. The standard InChI is InChI=1S/C8H11ClN2/c1-3-4-5-11-7-10(2)6-8(11)9/h6H,5,7H2,1-2H3. The van der Waals surface area contributed by atoms with Gasteiger partial charge in [-0.15, -0.1) is 5.92 Å². The summed E-state index contributed by atoms with van der Waals surface area (Å²) in [7, 11) is 1.99. The van der Waals surface area contributed by atoms with Gasteiger partial charge in [-0.2, -0.15) is 0 Å². The summed E-state index contributed by atoms with van der Waals surface area (Å²) in [5.74, 6) is 5.80. The van der Waals surface area contributed by atoms with Crippen molar-refractivity contribution in [2.24, 2.45) is 0 Å². The van der Waals surface area contributed by atoms with E-state index in [0.717, 1.165) is 18.4 Å². The van der Waals surface area contributed by atoms with Crippen LogP contribution < -0.4 is 0 Å². The highest BCUT2D eigenvalue weighted by Gasteiger charge is 2.14. The van der Waals surface area contributed by atoms with Gasteiger partial charge in [0, 0.05) is 13.2 Å². The number of hydrogen-bond acceptors (Lipinski definition) is 2. The molecule has 0 amide bonds. The van der Waals surface area contributed by atoms with Crippen LogP contribution in [0.15, 0.2) is 11.4 Å². The first-order chi connectivity index (χ1) is 5.24. The molecule has 2 nitrogen and oxygen atoms in total. The van der Waals surface area contributed by atoms with Crippen LogP contribution in [-0.2, 0) is 0 Å². The van der Waals surface area contributed by atoms with Crippen LogP contribution in [0.5, 0.6) is 0 Å². The Hall–Kier alpha value is -0.810. The van der Waals surface area contributed by atoms with Crippen LogP contribution in [0.3, 0.4) is 0 Å². The lowest BCUT2D eigenvalue weighted by molar-refractivity contribution is 0.317. The Morgan fingerprint density at radius 3 is 2.91 bits per heavy atom. The maximum absolute atomic E-state index is 5.89. The fourth-order valence-electron chi connectivity index (χ4n) is 0.941. The van der Waals surface area contributed by atoms with Gasteiger partial charge in [-0.25, -0.2) is 0 Å². The molecule has 0 fully saturated rings. The molecular formula is C8H11ClN2. The average molecular weight is 171 g/mol. The van der Waals surface area contributed by atoms with E-state index in [1.54, 1.807) is 0 Å². The molecule has 1 aliphatic rings. The molecule has 0 N–H and O–H groups in total. The van der Waals surface area contributed by atoms with Crippen molar-refractivity contribution in [3.05, 3.63) is 11.4 Å². The monoisotopic (exact) mass is 170 g/mol. The summed E-state index contributed by atoms with van der Waals surface area (Å²) in [6.07, 6.45) is 1.90. The summed E-state index contributed by atoms with van der Waals surface area (Å²) in [5.41, 5.74) is 0. The highest BCUT2D eigenvalue weighted by atomic mass is 35.5. The molecule has 60 valence electrons. The minimum atomic E-state index is 0.718. The molecule has 0 aromatic rings. The van der Waals surface area contributed by atoms with Crippen molar-refractivity contribution in [1.82, 2.24) is 9.80 Å². The van der Waals surface area contributed by atoms with Gasteiger partial charge in [0.1, 0.15) is 5.16 Å². The highest BCUT2D eigenvalue weighted by Crippen LogP contribution is 2.16. The van der Waals surface area contributed by atoms with Crippen LogP contribution in [0, 0.1) is 11.8 Å². The van der Waals surface area contributed by atoms with Gasteiger partial charge < -0.3 is 9.80 Å². The van der Waals surface area contributed by atoms with Gasteiger partial charge in [-0.05, 0) is 6.92 Å². The Morgan fingerprint density at radius 2 is 2.45 bits per heavy atom. The zero-order valence-corrected chi connectivity index (χ0v) is 7.52. The third kappa shape index (κ3) is 2.06. The third-order valence-electron chi connectivity index (χ3n) is 1.47. The maximum atomic E-state index is 5.89. The Bertz CT molecular complexity index is 224. The van der Waals surface area contributed by atoms with Gasteiger partial charge in [0.25, 0.3) is 0 Å². The lowest BCUT2D eigenvalue weighted by atomic mass is 10.5. The van der Waals surface area contributed by atoms with Gasteiger partial charge in [0.2, 0.25) is 0 Å². The predicted molar refractivity (Wildman–Crippen MR) is 46.7 cm³/mol. The molecule has 3 heteroatoms. The van der Waals surface area contributed by atoms with E-state index >= 15 is 0 Å². The van der Waals surface area contributed by atoms with E-state index in [2.05, 4.69) is 11.8 Å². The fourth-order valence-corrected chi connectivity index (χ4v) is 1.22. The second-order valence-corrected chi connectivity index (χ2v) is 2.86. The van der Waals surface area contributed by atoms with Crippen molar-refractivity contribution in [3.8, 4) is 11.8 Å². The Labute approximate surface area is 72.4 Å². The van der Waals surface area contributed by atoms with Gasteiger partial charge in [-0.3, -0.25) is 0 Å². The van der Waals surface area contributed by atoms with Crippen molar-refractivity contribution >= 4 is 11.6 Å². The van der Waals surface area contributed by atoms with E-state index < -0.39 is 0 Å². The lowest BCUT2D eigenvalue weighted by Crippen LogP contribution is -2.23.